The van der Waals surface area contributed by atoms with E-state index in [2.05, 4.69) is 4.90 Å². The molecule has 1 amide bonds. The summed E-state index contributed by atoms with van der Waals surface area (Å²) in [6.07, 6.45) is 4.19. The fourth-order valence-electron chi connectivity index (χ4n) is 5.39. The van der Waals surface area contributed by atoms with Crippen molar-refractivity contribution in [2.45, 2.75) is 57.7 Å². The van der Waals surface area contributed by atoms with Crippen LogP contribution in [0.5, 0.6) is 0 Å². The summed E-state index contributed by atoms with van der Waals surface area (Å²) in [6, 6.07) is 1.24. The van der Waals surface area contributed by atoms with Gasteiger partial charge in [0, 0.05) is 31.2 Å². The van der Waals surface area contributed by atoms with Gasteiger partial charge in [0.2, 0.25) is 0 Å². The molecule has 5 atom stereocenters. The molecule has 3 aliphatic heterocycles. The summed E-state index contributed by atoms with van der Waals surface area (Å²) in [5.41, 5.74) is 0. The summed E-state index contributed by atoms with van der Waals surface area (Å²) in [5, 5.41) is 0. The van der Waals surface area contributed by atoms with E-state index in [1.54, 1.807) is 0 Å². The first kappa shape index (κ1) is 16.2. The predicted octanol–water partition coefficient (Wildman–Crippen LogP) is 1.88. The molecule has 24 heavy (non-hydrogen) atoms. The van der Waals surface area contributed by atoms with Gasteiger partial charge in [-0.1, -0.05) is 0 Å². The molecule has 134 valence electrons. The van der Waals surface area contributed by atoms with Crippen LogP contribution in [0.2, 0.25) is 0 Å². The average molecular weight is 336 g/mol. The molecule has 3 heterocycles. The zero-order chi connectivity index (χ0) is 16.8. The second-order valence-corrected chi connectivity index (χ2v) is 7.68. The lowest BCUT2D eigenvalue weighted by Gasteiger charge is -2.42. The highest BCUT2D eigenvalue weighted by Gasteiger charge is 2.61. The van der Waals surface area contributed by atoms with Crippen molar-refractivity contribution in [2.24, 2.45) is 17.8 Å². The molecule has 0 aromatic heterocycles. The number of likely N-dealkylation sites (tertiary alicyclic amines) is 1. The van der Waals surface area contributed by atoms with Crippen molar-refractivity contribution in [3.05, 3.63) is 0 Å². The molecule has 4 fully saturated rings. The summed E-state index contributed by atoms with van der Waals surface area (Å²) >= 11 is 0. The number of piperidine rings is 2. The predicted molar refractivity (Wildman–Crippen MR) is 87.4 cm³/mol. The van der Waals surface area contributed by atoms with Crippen LogP contribution in [0.4, 0.5) is 4.79 Å². The van der Waals surface area contributed by atoms with Crippen molar-refractivity contribution < 1.29 is 19.1 Å². The Morgan fingerprint density at radius 2 is 1.50 bits per heavy atom. The Labute approximate surface area is 143 Å². The van der Waals surface area contributed by atoms with Crippen molar-refractivity contribution in [3.8, 4) is 0 Å². The third-order valence-electron chi connectivity index (χ3n) is 6.48. The molecule has 2 unspecified atom stereocenters. The molecule has 0 spiro atoms. The lowest BCUT2D eigenvalue weighted by Crippen LogP contribution is -2.52. The van der Waals surface area contributed by atoms with E-state index in [1.807, 2.05) is 18.7 Å². The molecule has 6 heteroatoms. The Kier molecular flexibility index (Phi) is 4.19. The number of nitrogens with zero attached hydrogens (tertiary/aromatic N) is 2. The Morgan fingerprint density at radius 3 is 2.04 bits per heavy atom. The van der Waals surface area contributed by atoms with Crippen LogP contribution in [0, 0.1) is 17.8 Å². The van der Waals surface area contributed by atoms with E-state index in [1.165, 1.54) is 0 Å². The number of amides is 1. The van der Waals surface area contributed by atoms with Crippen molar-refractivity contribution in [1.29, 1.82) is 0 Å². The number of rotatable bonds is 4. The van der Waals surface area contributed by atoms with Gasteiger partial charge in [0.15, 0.2) is 0 Å². The first-order valence-corrected chi connectivity index (χ1v) is 9.49. The molecule has 2 bridgehead atoms. The molecule has 0 N–H and O–H groups in total. The van der Waals surface area contributed by atoms with E-state index in [4.69, 9.17) is 9.47 Å². The lowest BCUT2D eigenvalue weighted by molar-refractivity contribution is -0.145. The third kappa shape index (κ3) is 2.59. The minimum absolute atomic E-state index is 0.00403. The van der Waals surface area contributed by atoms with Crippen molar-refractivity contribution >= 4 is 12.1 Å². The zero-order valence-corrected chi connectivity index (χ0v) is 14.6. The molecule has 3 saturated heterocycles. The zero-order valence-electron chi connectivity index (χ0n) is 14.6. The Balaban J connectivity index is 1.32. The number of carbonyl (C=O) groups excluding carboxylic acids is 2. The van der Waals surface area contributed by atoms with Crippen molar-refractivity contribution in [1.82, 2.24) is 9.80 Å². The molecular formula is C18H28N2O4. The molecule has 0 aromatic carbocycles. The number of hydrogen-bond acceptors (Lipinski definition) is 5. The van der Waals surface area contributed by atoms with Crippen LogP contribution in [-0.4, -0.2) is 66.3 Å². The lowest BCUT2D eigenvalue weighted by atomic mass is 9.96. The van der Waals surface area contributed by atoms with Crippen LogP contribution in [0.3, 0.4) is 0 Å². The van der Waals surface area contributed by atoms with E-state index in [-0.39, 0.29) is 18.0 Å². The van der Waals surface area contributed by atoms with E-state index in [0.717, 1.165) is 38.8 Å². The SMILES string of the molecule is CCOC(=O)[C@@H]1[C@@H]2CN(C3CC4CCC(C3)N4C(=O)OCC)C[C@@H]21. The van der Waals surface area contributed by atoms with Gasteiger partial charge in [0.05, 0.1) is 19.1 Å². The number of hydrogen-bond donors (Lipinski definition) is 0. The Morgan fingerprint density at radius 1 is 0.917 bits per heavy atom. The van der Waals surface area contributed by atoms with E-state index >= 15 is 0 Å². The Hall–Kier alpha value is -1.30. The maximum Gasteiger partial charge on any atom is 0.410 e. The summed E-state index contributed by atoms with van der Waals surface area (Å²) in [4.78, 5) is 28.6. The normalized spacial score (nSPS) is 40.3. The summed E-state index contributed by atoms with van der Waals surface area (Å²) in [5.74, 6) is 1.16. The monoisotopic (exact) mass is 336 g/mol. The second kappa shape index (κ2) is 6.21. The number of esters is 1. The first-order chi connectivity index (χ1) is 11.6. The van der Waals surface area contributed by atoms with Gasteiger partial charge < -0.3 is 14.4 Å². The minimum atomic E-state index is -0.130. The fraction of sp³-hybridized carbons (Fsp3) is 0.889. The second-order valence-electron chi connectivity index (χ2n) is 7.68. The summed E-state index contributed by atoms with van der Waals surface area (Å²) in [7, 11) is 0. The molecular weight excluding hydrogens is 308 g/mol. The highest BCUT2D eigenvalue weighted by atomic mass is 16.6. The van der Waals surface area contributed by atoms with Gasteiger partial charge in [-0.15, -0.1) is 0 Å². The maximum absolute atomic E-state index is 12.2. The molecule has 4 rings (SSSR count). The first-order valence-electron chi connectivity index (χ1n) is 9.49. The summed E-state index contributed by atoms with van der Waals surface area (Å²) < 4.78 is 10.4. The van der Waals surface area contributed by atoms with Crippen LogP contribution < -0.4 is 0 Å². The van der Waals surface area contributed by atoms with Crippen LogP contribution in [0.25, 0.3) is 0 Å². The van der Waals surface area contributed by atoms with Crippen molar-refractivity contribution in [3.63, 3.8) is 0 Å². The van der Waals surface area contributed by atoms with Crippen LogP contribution in [-0.2, 0) is 14.3 Å². The molecule has 6 nitrogen and oxygen atoms in total. The maximum atomic E-state index is 12.2. The van der Waals surface area contributed by atoms with E-state index in [0.29, 0.717) is 43.2 Å². The van der Waals surface area contributed by atoms with Crippen LogP contribution >= 0.6 is 0 Å². The molecule has 1 saturated carbocycles. The van der Waals surface area contributed by atoms with Gasteiger partial charge >= 0.3 is 12.1 Å². The molecule has 4 aliphatic rings. The molecule has 1 aliphatic carbocycles. The standard InChI is InChI=1S/C18H28N2O4/c1-3-23-17(21)16-14-9-19(10-15(14)16)13-7-11-5-6-12(8-13)20(11)18(22)24-4-2/h11-16H,3-10H2,1-2H3/t11?,12?,13?,14-,15+,16-. The third-order valence-corrected chi connectivity index (χ3v) is 6.48. The van der Waals surface area contributed by atoms with Gasteiger partial charge in [0.25, 0.3) is 0 Å². The minimum Gasteiger partial charge on any atom is -0.466 e. The van der Waals surface area contributed by atoms with Gasteiger partial charge in [-0.05, 0) is 51.4 Å². The largest absolute Gasteiger partial charge is 0.466 e. The van der Waals surface area contributed by atoms with Gasteiger partial charge in [-0.3, -0.25) is 9.69 Å². The molecule has 0 radical (unpaired) electrons. The van der Waals surface area contributed by atoms with Gasteiger partial charge in [0.1, 0.15) is 0 Å². The summed E-state index contributed by atoms with van der Waals surface area (Å²) in [6.45, 7) is 6.71. The number of carbonyl (C=O) groups is 2. The van der Waals surface area contributed by atoms with E-state index < -0.39 is 0 Å². The smallest absolute Gasteiger partial charge is 0.410 e. The topological polar surface area (TPSA) is 59.1 Å². The van der Waals surface area contributed by atoms with E-state index in [9.17, 15) is 9.59 Å². The number of ether oxygens (including phenoxy) is 2. The Bertz CT molecular complexity index is 499. The van der Waals surface area contributed by atoms with Gasteiger partial charge in [-0.25, -0.2) is 4.79 Å². The highest BCUT2D eigenvalue weighted by Crippen LogP contribution is 2.54. The average Bonchev–Trinajstić information content (AvgIpc) is 2.93. The molecule has 0 aromatic rings. The van der Waals surface area contributed by atoms with Crippen LogP contribution in [0.15, 0.2) is 0 Å². The van der Waals surface area contributed by atoms with Crippen LogP contribution in [0.1, 0.15) is 39.5 Å². The van der Waals surface area contributed by atoms with Gasteiger partial charge in [-0.2, -0.15) is 0 Å². The fourth-order valence-corrected chi connectivity index (χ4v) is 5.39. The van der Waals surface area contributed by atoms with Crippen molar-refractivity contribution in [2.75, 3.05) is 26.3 Å². The number of fused-ring (bicyclic) bond motifs is 3. The highest BCUT2D eigenvalue weighted by molar-refractivity contribution is 5.77. The quantitative estimate of drug-likeness (QED) is 0.734.